The second-order valence-electron chi connectivity index (χ2n) is 12.0. The lowest BCUT2D eigenvalue weighted by Gasteiger charge is -2.38. The van der Waals surface area contributed by atoms with Crippen LogP contribution < -0.4 is 15.5 Å². The number of aromatic amines is 1. The number of carbonyl (C=O) groups is 1. The number of amides is 1. The third-order valence-corrected chi connectivity index (χ3v) is 9.98. The zero-order valence-electron chi connectivity index (χ0n) is 23.9. The number of hydrogen-bond acceptors (Lipinski definition) is 8. The molecule has 0 atom stereocenters. The Kier molecular flexibility index (Phi) is 7.65. The molecule has 3 aliphatic heterocycles. The molecule has 3 aromatic rings. The van der Waals surface area contributed by atoms with E-state index in [4.69, 9.17) is 4.74 Å². The number of rotatable bonds is 7. The minimum absolute atomic E-state index is 0.0296. The average molecular weight is 617 g/mol. The fourth-order valence-electron chi connectivity index (χ4n) is 5.88. The molecular formula is C29H34F2N6O5S. The second-order valence-corrected chi connectivity index (χ2v) is 13.9. The lowest BCUT2D eigenvalue weighted by molar-refractivity contribution is 0.0904. The van der Waals surface area contributed by atoms with Gasteiger partial charge in [0.05, 0.1) is 16.6 Å². The Labute approximate surface area is 248 Å². The number of β-amino-alcohol motifs (C(OH)–C–C–N with tert-alkyl or cyclic N) is 1. The minimum atomic E-state index is -4.28. The van der Waals surface area contributed by atoms with E-state index in [1.165, 1.54) is 0 Å². The number of halogens is 2. The number of aliphatic hydroxyl groups is 1. The first-order chi connectivity index (χ1) is 20.4. The lowest BCUT2D eigenvalue weighted by Crippen LogP contribution is -2.50. The molecule has 43 heavy (non-hydrogen) atoms. The van der Waals surface area contributed by atoms with E-state index in [1.54, 1.807) is 6.07 Å². The van der Waals surface area contributed by atoms with E-state index in [1.807, 2.05) is 30.9 Å². The normalized spacial score (nSPS) is 19.5. The third-order valence-electron chi connectivity index (χ3n) is 8.21. The maximum Gasteiger partial charge on any atom is 0.258 e. The summed E-state index contributed by atoms with van der Waals surface area (Å²) >= 11 is 0. The maximum atomic E-state index is 13.9. The number of anilines is 3. The molecule has 2 aromatic carbocycles. The molecule has 6 rings (SSSR count). The highest BCUT2D eigenvalue weighted by Crippen LogP contribution is 2.38. The summed E-state index contributed by atoms with van der Waals surface area (Å²) in [5.41, 5.74) is 2.27. The van der Waals surface area contributed by atoms with Crippen molar-refractivity contribution in [3.05, 3.63) is 64.9 Å². The molecule has 11 nitrogen and oxygen atoms in total. The van der Waals surface area contributed by atoms with Crippen LogP contribution in [0.4, 0.5) is 26.0 Å². The van der Waals surface area contributed by atoms with Gasteiger partial charge in [0.2, 0.25) is 10.0 Å². The van der Waals surface area contributed by atoms with Crippen LogP contribution in [-0.2, 0) is 26.7 Å². The van der Waals surface area contributed by atoms with Gasteiger partial charge in [0.1, 0.15) is 11.6 Å². The fraction of sp³-hybridized carbons (Fsp3) is 0.448. The summed E-state index contributed by atoms with van der Waals surface area (Å²) in [5.74, 6) is -2.25. The zero-order valence-corrected chi connectivity index (χ0v) is 24.7. The Bertz CT molecular complexity index is 1630. The molecule has 4 heterocycles. The number of sulfonamides is 1. The van der Waals surface area contributed by atoms with Crippen molar-refractivity contribution in [2.45, 2.75) is 55.7 Å². The molecule has 0 bridgehead atoms. The summed E-state index contributed by atoms with van der Waals surface area (Å²) in [6, 6.07) is 7.74. The van der Waals surface area contributed by atoms with E-state index in [-0.39, 0.29) is 31.1 Å². The number of hydrogen-bond donors (Lipinski definition) is 4. The summed E-state index contributed by atoms with van der Waals surface area (Å²) < 4.78 is 61.4. The fourth-order valence-corrected chi connectivity index (χ4v) is 7.49. The number of carbonyl (C=O) groups excluding carboxylic acids is 1. The predicted octanol–water partition coefficient (Wildman–Crippen LogP) is 3.19. The van der Waals surface area contributed by atoms with Crippen LogP contribution in [0.1, 0.15) is 48.3 Å². The van der Waals surface area contributed by atoms with Crippen LogP contribution >= 0.6 is 0 Å². The van der Waals surface area contributed by atoms with E-state index >= 15 is 0 Å². The summed E-state index contributed by atoms with van der Waals surface area (Å²) in [6.07, 6.45) is 1.19. The number of nitrogens with zero attached hydrogens (tertiary/aromatic N) is 3. The van der Waals surface area contributed by atoms with Crippen LogP contribution in [-0.4, -0.2) is 78.9 Å². The number of nitrogens with one attached hydrogen (secondary N) is 3. The number of benzene rings is 2. The monoisotopic (exact) mass is 616 g/mol. The molecule has 14 heteroatoms. The standard InChI is InChI=1S/C29H34F2N6O5S/c1-29(2)16-37(43(40,41)22-10-17(30)9-18(31)11-22)15-24-26(29)34-35-27(24)33-28(39)23-4-3-20(36-13-21(38)14-36)12-25(23)32-19-5-7-42-8-6-19/h3-4,9-12,19,21,32,38H,5-8,13-16H2,1-2H3,(H2,33,34,35,39). The van der Waals surface area contributed by atoms with Crippen molar-refractivity contribution < 1.29 is 31.8 Å². The van der Waals surface area contributed by atoms with Gasteiger partial charge in [0, 0.05) is 79.5 Å². The van der Waals surface area contributed by atoms with Crippen molar-refractivity contribution in [1.29, 1.82) is 0 Å². The lowest BCUT2D eigenvalue weighted by atomic mass is 9.84. The summed E-state index contributed by atoms with van der Waals surface area (Å²) in [7, 11) is -4.28. The first kappa shape index (κ1) is 29.5. The molecule has 0 aliphatic carbocycles. The quantitative estimate of drug-likeness (QED) is 0.318. The van der Waals surface area contributed by atoms with Crippen LogP contribution in [0.25, 0.3) is 0 Å². The van der Waals surface area contributed by atoms with Crippen molar-refractivity contribution in [3.63, 3.8) is 0 Å². The maximum absolute atomic E-state index is 13.9. The number of ether oxygens (including phenoxy) is 1. The Hall–Kier alpha value is -3.59. The third kappa shape index (κ3) is 5.84. The highest BCUT2D eigenvalue weighted by atomic mass is 32.2. The predicted molar refractivity (Wildman–Crippen MR) is 156 cm³/mol. The SMILES string of the molecule is CC1(C)CN(S(=O)(=O)c2cc(F)cc(F)c2)Cc2c(NC(=O)c3ccc(N4CC(O)C4)cc3NC3CCOCC3)n[nH]c21. The summed E-state index contributed by atoms with van der Waals surface area (Å²) in [6.45, 7) is 5.78. The molecule has 1 amide bonds. The Morgan fingerprint density at radius 1 is 1.12 bits per heavy atom. The van der Waals surface area contributed by atoms with Crippen molar-refractivity contribution in [2.75, 3.05) is 48.4 Å². The molecule has 4 N–H and O–H groups in total. The highest BCUT2D eigenvalue weighted by Gasteiger charge is 2.41. The molecule has 0 unspecified atom stereocenters. The van der Waals surface area contributed by atoms with Gasteiger partial charge in [-0.05, 0) is 43.2 Å². The van der Waals surface area contributed by atoms with Crippen LogP contribution in [0, 0.1) is 11.6 Å². The van der Waals surface area contributed by atoms with E-state index in [0.29, 0.717) is 54.9 Å². The number of aromatic nitrogens is 2. The van der Waals surface area contributed by atoms with Crippen molar-refractivity contribution in [3.8, 4) is 0 Å². The molecule has 2 fully saturated rings. The van der Waals surface area contributed by atoms with E-state index < -0.39 is 37.9 Å². The molecule has 0 saturated carbocycles. The van der Waals surface area contributed by atoms with Gasteiger partial charge in [-0.25, -0.2) is 17.2 Å². The van der Waals surface area contributed by atoms with Crippen LogP contribution in [0.5, 0.6) is 0 Å². The van der Waals surface area contributed by atoms with E-state index in [0.717, 1.165) is 35.0 Å². The van der Waals surface area contributed by atoms with Gasteiger partial charge in [-0.15, -0.1) is 0 Å². The molecule has 1 aromatic heterocycles. The molecule has 0 radical (unpaired) electrons. The second kappa shape index (κ2) is 11.2. The van der Waals surface area contributed by atoms with Crippen molar-refractivity contribution in [2.24, 2.45) is 0 Å². The smallest absolute Gasteiger partial charge is 0.258 e. The number of H-pyrrole nitrogens is 1. The van der Waals surface area contributed by atoms with Gasteiger partial charge >= 0.3 is 0 Å². The highest BCUT2D eigenvalue weighted by molar-refractivity contribution is 7.89. The molecular weight excluding hydrogens is 582 g/mol. The Morgan fingerprint density at radius 2 is 1.81 bits per heavy atom. The van der Waals surface area contributed by atoms with Crippen LogP contribution in [0.2, 0.25) is 0 Å². The first-order valence-electron chi connectivity index (χ1n) is 14.2. The molecule has 2 saturated heterocycles. The summed E-state index contributed by atoms with van der Waals surface area (Å²) in [5, 5.41) is 23.4. The Morgan fingerprint density at radius 3 is 2.49 bits per heavy atom. The molecule has 0 spiro atoms. The van der Waals surface area contributed by atoms with Gasteiger partial charge in [0.25, 0.3) is 5.91 Å². The van der Waals surface area contributed by atoms with Gasteiger partial charge in [-0.2, -0.15) is 9.40 Å². The van der Waals surface area contributed by atoms with Gasteiger partial charge in [0.15, 0.2) is 5.82 Å². The molecule has 3 aliphatic rings. The zero-order chi connectivity index (χ0) is 30.5. The van der Waals surface area contributed by atoms with E-state index in [9.17, 15) is 27.1 Å². The van der Waals surface area contributed by atoms with Crippen LogP contribution in [0.3, 0.4) is 0 Å². The van der Waals surface area contributed by atoms with Crippen molar-refractivity contribution in [1.82, 2.24) is 14.5 Å². The van der Waals surface area contributed by atoms with Crippen molar-refractivity contribution >= 4 is 33.1 Å². The topological polar surface area (TPSA) is 140 Å². The number of aliphatic hydroxyl groups excluding tert-OH is 1. The molecule has 230 valence electrons. The largest absolute Gasteiger partial charge is 0.389 e. The van der Waals surface area contributed by atoms with Gasteiger partial charge in [-0.3, -0.25) is 9.89 Å². The van der Waals surface area contributed by atoms with E-state index in [2.05, 4.69) is 20.8 Å². The van der Waals surface area contributed by atoms with Gasteiger partial charge in [-0.1, -0.05) is 13.8 Å². The Balaban J connectivity index is 1.28. The average Bonchev–Trinajstić information content (AvgIpc) is 3.34. The first-order valence-corrected chi connectivity index (χ1v) is 15.6. The van der Waals surface area contributed by atoms with Gasteiger partial charge < -0.3 is 25.4 Å². The van der Waals surface area contributed by atoms with Crippen LogP contribution in [0.15, 0.2) is 41.3 Å². The summed E-state index contributed by atoms with van der Waals surface area (Å²) in [4.78, 5) is 15.2. The number of fused-ring (bicyclic) bond motifs is 1. The minimum Gasteiger partial charge on any atom is -0.389 e.